The van der Waals surface area contributed by atoms with Crippen LogP contribution in [0.1, 0.15) is 178 Å². The highest BCUT2D eigenvalue weighted by Gasteiger charge is 2.45. The van der Waals surface area contributed by atoms with Crippen LogP contribution in [0.3, 0.4) is 0 Å². The lowest BCUT2D eigenvalue weighted by molar-refractivity contribution is -0.152. The highest BCUT2D eigenvalue weighted by atomic mass is 79.9. The number of piperidine rings is 1. The fraction of sp³-hybridized carbons (Fsp3) is 0.818. The highest BCUT2D eigenvalue weighted by molar-refractivity contribution is 9.11. The minimum atomic E-state index is -1.66. The molecule has 3 aliphatic heterocycles. The zero-order valence-corrected chi connectivity index (χ0v) is 61.6. The van der Waals surface area contributed by atoms with Crippen molar-refractivity contribution in [3.63, 3.8) is 0 Å². The Labute approximate surface area is 571 Å². The molecule has 0 bridgehead atoms. The number of nitrogens with zero attached hydrogens (tertiary/aromatic N) is 8. The Bertz CT molecular complexity index is 2610. The molecule has 10 atom stereocenters. The van der Waals surface area contributed by atoms with Crippen LogP contribution < -0.4 is 21.3 Å². The molecule has 0 aromatic carbocycles. The van der Waals surface area contributed by atoms with Crippen LogP contribution in [0, 0.1) is 23.7 Å². The first kappa shape index (κ1) is 80.2. The summed E-state index contributed by atoms with van der Waals surface area (Å²) in [5, 5.41) is 11.5. The van der Waals surface area contributed by atoms with Gasteiger partial charge in [0, 0.05) is 73.1 Å². The largest absolute Gasteiger partial charge is 0.343 e. The lowest BCUT2D eigenvalue weighted by Gasteiger charge is -2.39. The molecule has 2 unspecified atom stereocenters. The lowest BCUT2D eigenvalue weighted by atomic mass is 9.84. The average Bonchev–Trinajstić information content (AvgIpc) is 1.25. The van der Waals surface area contributed by atoms with Gasteiger partial charge < -0.3 is 60.5 Å². The van der Waals surface area contributed by atoms with Crippen molar-refractivity contribution in [3.8, 4) is 0 Å². The van der Waals surface area contributed by atoms with E-state index in [1.165, 1.54) is 92.6 Å². The average molecular weight is 1410 g/mol. The van der Waals surface area contributed by atoms with E-state index < -0.39 is 151 Å². The zero-order valence-electron chi connectivity index (χ0n) is 58.5. The van der Waals surface area contributed by atoms with Crippen LogP contribution in [0.5, 0.6) is 0 Å². The molecule has 4 N–H and O–H groups in total. The predicted octanol–water partition coefficient (Wildman–Crippen LogP) is 4.96. The number of thioether (sulfide) groups is 1. The van der Waals surface area contributed by atoms with Gasteiger partial charge in [-0.05, 0) is 127 Å². The summed E-state index contributed by atoms with van der Waals surface area (Å²) < 4.78 is 0.112. The maximum atomic E-state index is 15.1. The number of likely N-dealkylation sites (tertiary alicyclic amines) is 1. The van der Waals surface area contributed by atoms with Crippen LogP contribution in [-0.4, -0.2) is 255 Å². The van der Waals surface area contributed by atoms with Crippen molar-refractivity contribution in [1.29, 1.82) is 0 Å². The van der Waals surface area contributed by atoms with Gasteiger partial charge >= 0.3 is 0 Å². The SMILES string of the molecule is CCCC[C@@H]1NC(=O)[C@H](CC2CCC(Br)S2)NC(=O)CN(C)C(=O)[C@H](CC2CCC(Cl)CC2)N(C)C(=O)CN(C)C(=O)CN(C)C(=O)[C@H]([C@@H](C)CC)NC(=O)[C@H](CC(C)C)N(C)C(=O)C[C@@H](C(=O)N2CCCCC2)N(C)C(=O)[C@H](CC(C)C)NC(=O)C(C)(C)N(C)C1=O. The number of rotatable bonds is 14. The summed E-state index contributed by atoms with van der Waals surface area (Å²) in [6.45, 7) is 15.4. The van der Waals surface area contributed by atoms with E-state index in [9.17, 15) is 52.7 Å². The molecule has 528 valence electrons. The van der Waals surface area contributed by atoms with E-state index >= 15 is 4.79 Å². The van der Waals surface area contributed by atoms with E-state index in [-0.39, 0.29) is 64.6 Å². The third kappa shape index (κ3) is 23.2. The molecule has 4 rings (SSSR count). The summed E-state index contributed by atoms with van der Waals surface area (Å²) in [4.78, 5) is 186. The molecule has 0 radical (unpaired) electrons. The number of halogens is 2. The molecule has 4 aliphatic rings. The zero-order chi connectivity index (χ0) is 69.9. The van der Waals surface area contributed by atoms with Crippen molar-refractivity contribution in [1.82, 2.24) is 60.5 Å². The monoisotopic (exact) mass is 1410 g/mol. The molecule has 3 heterocycles. The molecule has 1 aliphatic carbocycles. The fourth-order valence-electron chi connectivity index (χ4n) is 12.5. The second-order valence-corrected chi connectivity index (χ2v) is 31.8. The van der Waals surface area contributed by atoms with E-state index in [0.29, 0.717) is 70.9 Å². The van der Waals surface area contributed by atoms with Gasteiger partial charge in [-0.1, -0.05) is 83.7 Å². The van der Waals surface area contributed by atoms with Gasteiger partial charge in [0.2, 0.25) is 70.9 Å². The molecule has 27 heteroatoms. The second-order valence-electron chi connectivity index (χ2n) is 28.0. The number of unbranched alkanes of at least 4 members (excludes halogenated alkanes) is 1. The fourth-order valence-corrected chi connectivity index (χ4v) is 15.2. The Morgan fingerprint density at radius 1 is 0.602 bits per heavy atom. The summed E-state index contributed by atoms with van der Waals surface area (Å²) in [6, 6.07) is -8.41. The predicted molar refractivity (Wildman–Crippen MR) is 364 cm³/mol. The topological polar surface area (TPSA) is 279 Å². The molecular weight excluding hydrogens is 1300 g/mol. The van der Waals surface area contributed by atoms with E-state index in [2.05, 4.69) is 37.2 Å². The molecule has 12 amide bonds. The highest BCUT2D eigenvalue weighted by Crippen LogP contribution is 2.39. The van der Waals surface area contributed by atoms with E-state index in [4.69, 9.17) is 11.6 Å². The van der Waals surface area contributed by atoms with Gasteiger partial charge in [-0.3, -0.25) is 57.5 Å². The van der Waals surface area contributed by atoms with Crippen molar-refractivity contribution >= 4 is 110 Å². The van der Waals surface area contributed by atoms with Gasteiger partial charge in [-0.15, -0.1) is 23.4 Å². The second kappa shape index (κ2) is 37.3. The molecule has 0 spiro atoms. The minimum Gasteiger partial charge on any atom is -0.343 e. The first-order valence-corrected chi connectivity index (χ1v) is 36.1. The van der Waals surface area contributed by atoms with E-state index in [1.807, 2.05) is 41.5 Å². The van der Waals surface area contributed by atoms with E-state index in [0.717, 1.165) is 24.2 Å². The lowest BCUT2D eigenvalue weighted by Crippen LogP contribution is -2.63. The number of carbonyl (C=O) groups excluding carboxylic acids is 12. The van der Waals surface area contributed by atoms with Gasteiger partial charge in [-0.2, -0.15) is 0 Å². The number of hydrogen-bond donors (Lipinski definition) is 4. The number of amides is 12. The maximum Gasteiger partial charge on any atom is 0.246 e. The third-order valence-corrected chi connectivity index (χ3v) is 22.1. The summed E-state index contributed by atoms with van der Waals surface area (Å²) in [7, 11) is 10.0. The van der Waals surface area contributed by atoms with Crippen molar-refractivity contribution in [2.75, 3.05) is 82.1 Å². The van der Waals surface area contributed by atoms with Crippen LogP contribution in [0.4, 0.5) is 0 Å². The number of hydrogen-bond acceptors (Lipinski definition) is 13. The molecule has 1 saturated carbocycles. The normalized spacial score (nSPS) is 29.2. The van der Waals surface area contributed by atoms with Gasteiger partial charge in [-0.25, -0.2) is 0 Å². The van der Waals surface area contributed by atoms with Gasteiger partial charge in [0.15, 0.2) is 0 Å². The van der Waals surface area contributed by atoms with Crippen LogP contribution in [0.2, 0.25) is 0 Å². The van der Waals surface area contributed by atoms with Crippen molar-refractivity contribution < 1.29 is 57.5 Å². The van der Waals surface area contributed by atoms with Crippen LogP contribution in [0.25, 0.3) is 0 Å². The van der Waals surface area contributed by atoms with Crippen molar-refractivity contribution in [3.05, 3.63) is 0 Å². The summed E-state index contributed by atoms with van der Waals surface area (Å²) in [5.41, 5.74) is -1.66. The Kier molecular flexibility index (Phi) is 32.2. The van der Waals surface area contributed by atoms with Crippen molar-refractivity contribution in [2.45, 2.75) is 241 Å². The standard InChI is InChI=1S/C66H112BrClN12O12S/c1-17-19-23-46-61(88)79(16)66(8,9)65(92)71-48(32-40(3)4)60(87)78(15)51(63(90)80-30-21-20-22-31-80)36-54(82)76(13)49(33-41(5)6)59(86)72-57(42(7)18-2)64(91)75(12)38-55(83)73(10)39-56(84)77(14)50(34-43-24-26-44(68)27-25-43)62(89)74(11)37-53(81)69-47(58(85)70-46)35-45-28-29-52(67)93-45/h40-52,57H,17-39H2,1-16H3,(H,69,81)(H,70,85)(H,71,92)(H,72,86)/t42-,43?,44?,45?,46-,47-,48-,49-,50-,51-,52?,57-/m0/s1. The molecule has 93 heavy (non-hydrogen) atoms. The van der Waals surface area contributed by atoms with E-state index in [1.54, 1.807) is 23.6 Å². The molecule has 3 saturated heterocycles. The Morgan fingerprint density at radius 2 is 1.19 bits per heavy atom. The molecule has 4 fully saturated rings. The van der Waals surface area contributed by atoms with Gasteiger partial charge in [0.25, 0.3) is 0 Å². The molecular formula is C66H112BrClN12O12S. The number of alkyl halides is 2. The summed E-state index contributed by atoms with van der Waals surface area (Å²) in [6.07, 6.45) is 8.49. The number of likely N-dealkylation sites (N-methyl/N-ethyl adjacent to an activating group) is 7. The van der Waals surface area contributed by atoms with Crippen LogP contribution in [0.15, 0.2) is 0 Å². The van der Waals surface area contributed by atoms with Gasteiger partial charge in [0.1, 0.15) is 47.8 Å². The Hall–Kier alpha value is -5.24. The van der Waals surface area contributed by atoms with Gasteiger partial charge in [0.05, 0.1) is 30.2 Å². The first-order valence-electron chi connectivity index (χ1n) is 33.8. The summed E-state index contributed by atoms with van der Waals surface area (Å²) >= 11 is 11.8. The molecule has 0 aromatic heterocycles. The smallest absolute Gasteiger partial charge is 0.246 e. The quantitative estimate of drug-likeness (QED) is 0.168. The number of carbonyl (C=O) groups is 12. The third-order valence-electron chi connectivity index (χ3n) is 19.3. The van der Waals surface area contributed by atoms with Crippen molar-refractivity contribution in [2.24, 2.45) is 23.7 Å². The Morgan fingerprint density at radius 3 is 1.76 bits per heavy atom. The van der Waals surface area contributed by atoms with Crippen LogP contribution >= 0.6 is 39.3 Å². The van der Waals surface area contributed by atoms with Crippen LogP contribution in [-0.2, 0) is 57.5 Å². The minimum absolute atomic E-state index is 0.00486. The molecule has 24 nitrogen and oxygen atoms in total. The maximum absolute atomic E-state index is 15.1. The Balaban J connectivity index is 1.85. The summed E-state index contributed by atoms with van der Waals surface area (Å²) in [5.74, 6) is -8.28. The first-order chi connectivity index (χ1) is 43.5. The molecule has 0 aromatic rings. The number of nitrogens with one attached hydrogen (secondary N) is 4.